The van der Waals surface area contributed by atoms with Gasteiger partial charge in [0.1, 0.15) is 12.4 Å². The van der Waals surface area contributed by atoms with Gasteiger partial charge < -0.3 is 10.5 Å². The Kier molecular flexibility index (Phi) is 9.87. The molecule has 2 aromatic carbocycles. The molecule has 2 nitrogen and oxygen atoms in total. The molecular weight excluding hydrogens is 390 g/mol. The van der Waals surface area contributed by atoms with E-state index in [1.54, 1.807) is 0 Å². The van der Waals surface area contributed by atoms with Crippen LogP contribution >= 0.6 is 0 Å². The van der Waals surface area contributed by atoms with Gasteiger partial charge >= 0.3 is 0 Å². The fourth-order valence-electron chi connectivity index (χ4n) is 5.11. The number of hydrogen-bond donors (Lipinski definition) is 1. The van der Waals surface area contributed by atoms with E-state index in [9.17, 15) is 0 Å². The van der Waals surface area contributed by atoms with Crippen molar-refractivity contribution in [2.24, 2.45) is 11.7 Å². The lowest BCUT2D eigenvalue weighted by atomic mass is 9.77. The molecule has 0 radical (unpaired) electrons. The Morgan fingerprint density at radius 1 is 1.00 bits per heavy atom. The molecule has 1 unspecified atom stereocenters. The SMILES string of the molecule is C=C(C)CC(CN)c1ccc(OCc2ccc(C3CCC(CCCCC)CC3)cc2)cc1. The summed E-state index contributed by atoms with van der Waals surface area (Å²) in [6.07, 6.45) is 12.1. The van der Waals surface area contributed by atoms with E-state index in [1.165, 1.54) is 73.6 Å². The van der Waals surface area contributed by atoms with Gasteiger partial charge in [-0.15, -0.1) is 6.58 Å². The summed E-state index contributed by atoms with van der Waals surface area (Å²) in [4.78, 5) is 0. The van der Waals surface area contributed by atoms with Crippen LogP contribution in [0.1, 0.15) is 100 Å². The van der Waals surface area contributed by atoms with E-state index in [0.717, 1.165) is 24.0 Å². The number of ether oxygens (including phenoxy) is 1. The maximum atomic E-state index is 6.04. The van der Waals surface area contributed by atoms with Gasteiger partial charge in [-0.1, -0.05) is 74.6 Å². The molecule has 1 saturated carbocycles. The van der Waals surface area contributed by atoms with Crippen LogP contribution in [-0.2, 0) is 6.61 Å². The third-order valence-electron chi connectivity index (χ3n) is 7.15. The number of rotatable bonds is 12. The van der Waals surface area contributed by atoms with Gasteiger partial charge in [0.25, 0.3) is 0 Å². The highest BCUT2D eigenvalue weighted by Crippen LogP contribution is 2.37. The van der Waals surface area contributed by atoms with Gasteiger partial charge in [0.05, 0.1) is 0 Å². The van der Waals surface area contributed by atoms with Crippen molar-refractivity contribution in [1.29, 1.82) is 0 Å². The van der Waals surface area contributed by atoms with Crippen molar-refractivity contribution < 1.29 is 4.74 Å². The predicted molar refractivity (Wildman–Crippen MR) is 137 cm³/mol. The minimum Gasteiger partial charge on any atom is -0.489 e. The van der Waals surface area contributed by atoms with E-state index < -0.39 is 0 Å². The molecule has 1 atom stereocenters. The van der Waals surface area contributed by atoms with Crippen LogP contribution in [0.2, 0.25) is 0 Å². The molecule has 0 aromatic heterocycles. The Labute approximate surface area is 196 Å². The van der Waals surface area contributed by atoms with Crippen LogP contribution in [0, 0.1) is 5.92 Å². The molecule has 0 saturated heterocycles. The molecule has 0 spiro atoms. The van der Waals surface area contributed by atoms with Crippen molar-refractivity contribution in [3.8, 4) is 5.75 Å². The van der Waals surface area contributed by atoms with Crippen LogP contribution in [0.15, 0.2) is 60.7 Å². The first-order valence-electron chi connectivity index (χ1n) is 12.7. The molecule has 2 heteroatoms. The Bertz CT molecular complexity index is 800. The third kappa shape index (κ3) is 7.52. The van der Waals surface area contributed by atoms with Crippen LogP contribution in [0.4, 0.5) is 0 Å². The molecule has 0 amide bonds. The van der Waals surface area contributed by atoms with Crippen LogP contribution in [0.25, 0.3) is 0 Å². The smallest absolute Gasteiger partial charge is 0.119 e. The molecule has 2 aromatic rings. The predicted octanol–water partition coefficient (Wildman–Crippen LogP) is 8.13. The normalized spacial score (nSPS) is 19.5. The lowest BCUT2D eigenvalue weighted by molar-refractivity contribution is 0.301. The average molecular weight is 434 g/mol. The van der Waals surface area contributed by atoms with E-state index in [2.05, 4.69) is 69.0 Å². The van der Waals surface area contributed by atoms with Crippen LogP contribution in [-0.4, -0.2) is 6.54 Å². The van der Waals surface area contributed by atoms with Gasteiger partial charge in [0, 0.05) is 0 Å². The van der Waals surface area contributed by atoms with Crippen molar-refractivity contribution >= 4 is 0 Å². The maximum Gasteiger partial charge on any atom is 0.119 e. The molecule has 1 aliphatic carbocycles. The third-order valence-corrected chi connectivity index (χ3v) is 7.15. The maximum absolute atomic E-state index is 6.04. The van der Waals surface area contributed by atoms with Gasteiger partial charge in [-0.25, -0.2) is 0 Å². The Morgan fingerprint density at radius 2 is 1.69 bits per heavy atom. The van der Waals surface area contributed by atoms with Crippen molar-refractivity contribution in [3.63, 3.8) is 0 Å². The first-order valence-corrected chi connectivity index (χ1v) is 12.7. The number of unbranched alkanes of at least 4 members (excludes halogenated alkanes) is 2. The zero-order valence-corrected chi connectivity index (χ0v) is 20.3. The number of nitrogens with two attached hydrogens (primary N) is 1. The fourth-order valence-corrected chi connectivity index (χ4v) is 5.11. The molecular formula is C30H43NO. The summed E-state index contributed by atoms with van der Waals surface area (Å²) >= 11 is 0. The summed E-state index contributed by atoms with van der Waals surface area (Å²) in [6.45, 7) is 9.62. The van der Waals surface area contributed by atoms with E-state index in [-0.39, 0.29) is 0 Å². The van der Waals surface area contributed by atoms with Gasteiger partial charge in [0.15, 0.2) is 0 Å². The monoisotopic (exact) mass is 433 g/mol. The first-order chi connectivity index (χ1) is 15.6. The molecule has 3 rings (SSSR count). The summed E-state index contributed by atoms with van der Waals surface area (Å²) in [7, 11) is 0. The molecule has 1 fully saturated rings. The van der Waals surface area contributed by atoms with E-state index >= 15 is 0 Å². The summed E-state index contributed by atoms with van der Waals surface area (Å²) < 4.78 is 6.04. The Balaban J connectivity index is 1.45. The van der Waals surface area contributed by atoms with Gasteiger partial charge in [0.2, 0.25) is 0 Å². The summed E-state index contributed by atoms with van der Waals surface area (Å²) in [5, 5.41) is 0. The molecule has 0 aliphatic heterocycles. The topological polar surface area (TPSA) is 35.2 Å². The standard InChI is InChI=1S/C30H43NO/c1-4-5-6-7-24-8-12-26(13-9-24)27-14-10-25(11-15-27)22-32-30-18-16-28(17-19-30)29(21-31)20-23(2)3/h10-11,14-19,24,26,29H,2,4-9,12-13,20-22,31H2,1,3H3. The highest BCUT2D eigenvalue weighted by atomic mass is 16.5. The lowest BCUT2D eigenvalue weighted by Crippen LogP contribution is -2.13. The van der Waals surface area contributed by atoms with E-state index in [0.29, 0.717) is 19.1 Å². The van der Waals surface area contributed by atoms with Crippen LogP contribution in [0.5, 0.6) is 5.75 Å². The second kappa shape index (κ2) is 12.8. The highest BCUT2D eigenvalue weighted by molar-refractivity contribution is 5.31. The molecule has 2 N–H and O–H groups in total. The zero-order valence-electron chi connectivity index (χ0n) is 20.3. The van der Waals surface area contributed by atoms with E-state index in [4.69, 9.17) is 10.5 Å². The quantitative estimate of drug-likeness (QED) is 0.271. The van der Waals surface area contributed by atoms with E-state index in [1.807, 2.05) is 0 Å². The molecule has 0 bridgehead atoms. The second-order valence-electron chi connectivity index (χ2n) is 9.91. The average Bonchev–Trinajstić information content (AvgIpc) is 2.82. The number of allylic oxidation sites excluding steroid dienone is 1. The summed E-state index contributed by atoms with van der Waals surface area (Å²) in [5.41, 5.74) is 11.1. The van der Waals surface area contributed by atoms with Crippen molar-refractivity contribution in [2.75, 3.05) is 6.54 Å². The van der Waals surface area contributed by atoms with Crippen LogP contribution < -0.4 is 10.5 Å². The number of hydrogen-bond acceptors (Lipinski definition) is 2. The minimum atomic E-state index is 0.334. The van der Waals surface area contributed by atoms with Gasteiger partial charge in [-0.05, 0) is 92.1 Å². The summed E-state index contributed by atoms with van der Waals surface area (Å²) in [5.74, 6) is 2.96. The Morgan fingerprint density at radius 3 is 2.28 bits per heavy atom. The van der Waals surface area contributed by atoms with Gasteiger partial charge in [-0.3, -0.25) is 0 Å². The summed E-state index contributed by atoms with van der Waals surface area (Å²) in [6, 6.07) is 17.5. The second-order valence-corrected chi connectivity index (χ2v) is 9.91. The van der Waals surface area contributed by atoms with Crippen molar-refractivity contribution in [1.82, 2.24) is 0 Å². The molecule has 32 heavy (non-hydrogen) atoms. The Hall–Kier alpha value is -2.06. The minimum absolute atomic E-state index is 0.334. The zero-order chi connectivity index (χ0) is 22.8. The van der Waals surface area contributed by atoms with Crippen molar-refractivity contribution in [3.05, 3.63) is 77.4 Å². The fraction of sp³-hybridized carbons (Fsp3) is 0.533. The first kappa shape index (κ1) is 24.6. The molecule has 0 heterocycles. The molecule has 1 aliphatic rings. The largest absolute Gasteiger partial charge is 0.489 e. The van der Waals surface area contributed by atoms with Crippen LogP contribution in [0.3, 0.4) is 0 Å². The molecule has 174 valence electrons. The van der Waals surface area contributed by atoms with Gasteiger partial charge in [-0.2, -0.15) is 0 Å². The lowest BCUT2D eigenvalue weighted by Gasteiger charge is -2.29. The van der Waals surface area contributed by atoms with Crippen molar-refractivity contribution in [2.45, 2.75) is 90.1 Å². The highest BCUT2D eigenvalue weighted by Gasteiger charge is 2.22. The number of benzene rings is 2.